The SMILES string of the molecule is COc1ccc(CNC(=O)CSc2nc3sc4c(c3c(=O)n2-c2ccccc2)CCN(C(C)=O)C4)cc1. The summed E-state index contributed by atoms with van der Waals surface area (Å²) in [7, 11) is 1.61. The van der Waals surface area contributed by atoms with E-state index < -0.39 is 0 Å². The maximum absolute atomic E-state index is 13.8. The molecule has 3 heterocycles. The number of hydrogen-bond acceptors (Lipinski definition) is 7. The maximum atomic E-state index is 13.8. The van der Waals surface area contributed by atoms with Crippen molar-refractivity contribution in [3.05, 3.63) is 81.0 Å². The molecule has 0 bridgehead atoms. The molecule has 1 N–H and O–H groups in total. The highest BCUT2D eigenvalue weighted by Gasteiger charge is 2.26. The number of amides is 2. The van der Waals surface area contributed by atoms with Crippen molar-refractivity contribution in [1.82, 2.24) is 19.8 Å². The Morgan fingerprint density at radius 2 is 1.89 bits per heavy atom. The van der Waals surface area contributed by atoms with Gasteiger partial charge in [-0.2, -0.15) is 0 Å². The molecule has 0 radical (unpaired) electrons. The van der Waals surface area contributed by atoms with Gasteiger partial charge in [0.25, 0.3) is 5.56 Å². The minimum Gasteiger partial charge on any atom is -0.497 e. The summed E-state index contributed by atoms with van der Waals surface area (Å²) >= 11 is 2.69. The van der Waals surface area contributed by atoms with Gasteiger partial charge in [0.2, 0.25) is 11.8 Å². The van der Waals surface area contributed by atoms with Gasteiger partial charge >= 0.3 is 0 Å². The van der Waals surface area contributed by atoms with E-state index in [2.05, 4.69) is 5.32 Å². The van der Waals surface area contributed by atoms with E-state index in [1.807, 2.05) is 54.6 Å². The number of thiophene rings is 1. The second-order valence-corrected chi connectivity index (χ2v) is 10.7. The second-order valence-electron chi connectivity index (χ2n) is 8.66. The van der Waals surface area contributed by atoms with Crippen LogP contribution < -0.4 is 15.6 Å². The lowest BCUT2D eigenvalue weighted by atomic mass is 10.1. The Hall–Kier alpha value is -3.63. The van der Waals surface area contributed by atoms with Crippen LogP contribution >= 0.6 is 23.1 Å². The molecule has 0 saturated carbocycles. The molecule has 2 aromatic heterocycles. The van der Waals surface area contributed by atoms with E-state index in [4.69, 9.17) is 9.72 Å². The van der Waals surface area contributed by atoms with Crippen molar-refractivity contribution in [1.29, 1.82) is 0 Å². The Kier molecular flexibility index (Phi) is 7.29. The fraction of sp³-hybridized carbons (Fsp3) is 0.259. The van der Waals surface area contributed by atoms with Crippen LogP contribution in [-0.4, -0.2) is 45.7 Å². The van der Waals surface area contributed by atoms with Gasteiger partial charge in [0, 0.05) is 24.9 Å². The summed E-state index contributed by atoms with van der Waals surface area (Å²) in [6.45, 7) is 3.04. The highest BCUT2D eigenvalue weighted by Crippen LogP contribution is 2.34. The number of fused-ring (bicyclic) bond motifs is 3. The molecule has 0 spiro atoms. The number of methoxy groups -OCH3 is 1. The van der Waals surface area contributed by atoms with Gasteiger partial charge in [0.15, 0.2) is 5.16 Å². The van der Waals surface area contributed by atoms with Crippen molar-refractivity contribution in [2.45, 2.75) is 31.6 Å². The number of benzene rings is 2. The van der Waals surface area contributed by atoms with Gasteiger partial charge in [-0.25, -0.2) is 4.98 Å². The normalized spacial score (nSPS) is 12.9. The summed E-state index contributed by atoms with van der Waals surface area (Å²) in [4.78, 5) is 46.7. The summed E-state index contributed by atoms with van der Waals surface area (Å²) in [5.41, 5.74) is 2.49. The van der Waals surface area contributed by atoms with E-state index in [0.717, 1.165) is 21.8 Å². The minimum atomic E-state index is -0.155. The van der Waals surface area contributed by atoms with Gasteiger partial charge in [-0.3, -0.25) is 19.0 Å². The molecule has 2 aromatic carbocycles. The van der Waals surface area contributed by atoms with Crippen LogP contribution in [0.4, 0.5) is 0 Å². The van der Waals surface area contributed by atoms with Crippen molar-refractivity contribution in [2.75, 3.05) is 19.4 Å². The first-order chi connectivity index (χ1) is 17.9. The lowest BCUT2D eigenvalue weighted by Gasteiger charge is -2.25. The van der Waals surface area contributed by atoms with Crippen molar-refractivity contribution < 1.29 is 14.3 Å². The number of nitrogens with one attached hydrogen (secondary N) is 1. The number of nitrogens with zero attached hydrogens (tertiary/aromatic N) is 3. The topological polar surface area (TPSA) is 93.5 Å². The van der Waals surface area contributed by atoms with Crippen molar-refractivity contribution >= 4 is 45.1 Å². The molecule has 2 amide bonds. The molecule has 0 saturated heterocycles. The Morgan fingerprint density at radius 3 is 2.59 bits per heavy atom. The maximum Gasteiger partial charge on any atom is 0.267 e. The summed E-state index contributed by atoms with van der Waals surface area (Å²) < 4.78 is 6.76. The van der Waals surface area contributed by atoms with E-state index in [1.165, 1.54) is 23.1 Å². The standard InChI is InChI=1S/C27H26N4O4S2/c1-17(32)30-13-12-21-22(15-30)37-25-24(21)26(34)31(19-6-4-3-5-7-19)27(29-25)36-16-23(33)28-14-18-8-10-20(35-2)11-9-18/h3-11H,12-16H2,1-2H3,(H,28,33). The summed E-state index contributed by atoms with van der Waals surface area (Å²) in [6, 6.07) is 16.9. The van der Waals surface area contributed by atoms with Gasteiger partial charge in [-0.1, -0.05) is 42.1 Å². The van der Waals surface area contributed by atoms with Gasteiger partial charge in [-0.15, -0.1) is 11.3 Å². The Balaban J connectivity index is 1.42. The van der Waals surface area contributed by atoms with Crippen molar-refractivity contribution in [3.8, 4) is 11.4 Å². The molecule has 0 aliphatic carbocycles. The van der Waals surface area contributed by atoms with Crippen LogP contribution in [0.2, 0.25) is 0 Å². The third kappa shape index (κ3) is 5.26. The molecule has 37 heavy (non-hydrogen) atoms. The van der Waals surface area contributed by atoms with Crippen molar-refractivity contribution in [3.63, 3.8) is 0 Å². The lowest BCUT2D eigenvalue weighted by molar-refractivity contribution is -0.129. The number of ether oxygens (including phenoxy) is 1. The van der Waals surface area contributed by atoms with Gasteiger partial charge in [0.05, 0.1) is 30.5 Å². The van der Waals surface area contributed by atoms with Crippen LogP contribution in [0.5, 0.6) is 5.75 Å². The van der Waals surface area contributed by atoms with Crippen LogP contribution in [0.25, 0.3) is 15.9 Å². The molecule has 4 aromatic rings. The Morgan fingerprint density at radius 1 is 1.14 bits per heavy atom. The first-order valence-electron chi connectivity index (χ1n) is 11.8. The monoisotopic (exact) mass is 534 g/mol. The molecule has 0 unspecified atom stereocenters. The van der Waals surface area contributed by atoms with E-state index >= 15 is 0 Å². The summed E-state index contributed by atoms with van der Waals surface area (Å²) in [6.07, 6.45) is 0.626. The molecule has 0 atom stereocenters. The predicted molar refractivity (Wildman–Crippen MR) is 146 cm³/mol. The van der Waals surface area contributed by atoms with Crippen LogP contribution in [0.3, 0.4) is 0 Å². The Bertz CT molecular complexity index is 1510. The summed E-state index contributed by atoms with van der Waals surface area (Å²) in [5, 5.41) is 4.00. The van der Waals surface area contributed by atoms with Gasteiger partial charge in [-0.05, 0) is 41.8 Å². The van der Waals surface area contributed by atoms with Crippen LogP contribution in [0.1, 0.15) is 22.9 Å². The number of aromatic nitrogens is 2. The first kappa shape index (κ1) is 25.0. The number of thioether (sulfide) groups is 1. The molecule has 8 nitrogen and oxygen atoms in total. The van der Waals surface area contributed by atoms with Gasteiger partial charge in [0.1, 0.15) is 10.6 Å². The molecule has 10 heteroatoms. The fourth-order valence-corrected chi connectivity index (χ4v) is 6.44. The fourth-order valence-electron chi connectivity index (χ4n) is 4.32. The predicted octanol–water partition coefficient (Wildman–Crippen LogP) is 3.77. The average Bonchev–Trinajstić information content (AvgIpc) is 3.29. The number of hydrogen-bond donors (Lipinski definition) is 1. The molecule has 0 fully saturated rings. The van der Waals surface area contributed by atoms with Crippen LogP contribution in [-0.2, 0) is 29.1 Å². The zero-order valence-corrected chi connectivity index (χ0v) is 22.2. The number of rotatable bonds is 7. The molecular weight excluding hydrogens is 508 g/mol. The minimum absolute atomic E-state index is 0.0228. The number of para-hydroxylation sites is 1. The molecule has 1 aliphatic rings. The second kappa shape index (κ2) is 10.8. The van der Waals surface area contributed by atoms with E-state index in [-0.39, 0.29) is 23.1 Å². The van der Waals surface area contributed by atoms with Crippen LogP contribution in [0.15, 0.2) is 64.5 Å². The van der Waals surface area contributed by atoms with Gasteiger partial charge < -0.3 is 15.0 Å². The van der Waals surface area contributed by atoms with E-state index in [9.17, 15) is 14.4 Å². The average molecular weight is 535 g/mol. The third-order valence-corrected chi connectivity index (χ3v) is 8.33. The largest absolute Gasteiger partial charge is 0.497 e. The zero-order chi connectivity index (χ0) is 25.9. The number of carbonyl (C=O) groups excluding carboxylic acids is 2. The van der Waals surface area contributed by atoms with Crippen LogP contribution in [0, 0.1) is 0 Å². The van der Waals surface area contributed by atoms with E-state index in [0.29, 0.717) is 47.1 Å². The molecule has 5 rings (SSSR count). The number of carbonyl (C=O) groups is 2. The molecule has 1 aliphatic heterocycles. The zero-order valence-electron chi connectivity index (χ0n) is 20.5. The Labute approximate surface area is 222 Å². The lowest BCUT2D eigenvalue weighted by Crippen LogP contribution is -2.34. The molecule has 190 valence electrons. The first-order valence-corrected chi connectivity index (χ1v) is 13.7. The third-order valence-electron chi connectivity index (χ3n) is 6.28. The highest BCUT2D eigenvalue weighted by atomic mass is 32.2. The quantitative estimate of drug-likeness (QED) is 0.287. The summed E-state index contributed by atoms with van der Waals surface area (Å²) in [5.74, 6) is 0.742. The highest BCUT2D eigenvalue weighted by molar-refractivity contribution is 7.99. The van der Waals surface area contributed by atoms with Crippen molar-refractivity contribution in [2.24, 2.45) is 0 Å². The molecular formula is C27H26N4O4S2. The van der Waals surface area contributed by atoms with E-state index in [1.54, 1.807) is 23.5 Å². The smallest absolute Gasteiger partial charge is 0.267 e.